The van der Waals surface area contributed by atoms with E-state index in [-0.39, 0.29) is 17.6 Å². The van der Waals surface area contributed by atoms with Crippen LogP contribution in [0, 0.1) is 11.3 Å². The third-order valence-electron chi connectivity index (χ3n) is 8.44. The lowest BCUT2D eigenvalue weighted by Crippen LogP contribution is -2.78. The summed E-state index contributed by atoms with van der Waals surface area (Å²) in [5, 5.41) is 12.2. The zero-order chi connectivity index (χ0) is 17.9. The maximum absolute atomic E-state index is 12.8. The Morgan fingerprint density at radius 3 is 2.85 bits per heavy atom. The molecule has 138 valence electrons. The molecule has 1 N–H and O–H groups in total. The maximum atomic E-state index is 12.8. The number of likely N-dealkylation sites (N-methyl/N-ethyl adjacent to an activating group) is 1. The number of hydrogen-bond acceptors (Lipinski definition) is 4. The Kier molecular flexibility index (Phi) is 2.76. The average molecular weight is 356 g/mol. The van der Waals surface area contributed by atoms with Crippen LogP contribution in [-0.2, 0) is 14.3 Å². The molecule has 26 heavy (non-hydrogen) atoms. The Labute approximate surface area is 153 Å². The summed E-state index contributed by atoms with van der Waals surface area (Å²) in [6.45, 7) is 2.08. The zero-order valence-corrected chi connectivity index (χ0v) is 15.2. The molecule has 0 aromatic carbocycles. The van der Waals surface area contributed by atoms with Crippen molar-refractivity contribution in [2.45, 2.75) is 62.4 Å². The molecule has 2 aliphatic heterocycles. The highest BCUT2D eigenvalue weighted by Crippen LogP contribution is 2.67. The minimum atomic E-state index is -0.938. The molecule has 1 spiro atoms. The Balaban J connectivity index is 1.57. The van der Waals surface area contributed by atoms with Crippen LogP contribution in [0.4, 0.5) is 0 Å². The van der Waals surface area contributed by atoms with Gasteiger partial charge in [-0.25, -0.2) is 0 Å². The topological polar surface area (TPSA) is 63.6 Å². The van der Waals surface area contributed by atoms with Crippen molar-refractivity contribution in [3.63, 3.8) is 0 Å². The molecule has 0 amide bonds. The first-order valence-corrected chi connectivity index (χ1v) is 10.1. The van der Waals surface area contributed by atoms with Gasteiger partial charge < -0.3 is 14.3 Å². The molecule has 6 atom stereocenters. The van der Waals surface area contributed by atoms with Crippen molar-refractivity contribution in [1.82, 2.24) is 0 Å². The molecule has 5 heteroatoms. The first-order valence-electron chi connectivity index (χ1n) is 10.1. The van der Waals surface area contributed by atoms with Gasteiger partial charge in [-0.05, 0) is 36.5 Å². The maximum Gasteiger partial charge on any atom is 0.188 e. The molecule has 0 radical (unpaired) electrons. The van der Waals surface area contributed by atoms with Crippen molar-refractivity contribution in [3.05, 3.63) is 23.3 Å². The van der Waals surface area contributed by atoms with Crippen molar-refractivity contribution < 1.29 is 23.9 Å². The minimum absolute atomic E-state index is 0.0677. The number of Topliss-reactive ketones (excluding diaryl/α,β-unsaturated/α-hetero) is 1. The molecule has 2 unspecified atom stereocenters. The van der Waals surface area contributed by atoms with E-state index in [1.807, 2.05) is 6.08 Å². The van der Waals surface area contributed by atoms with E-state index in [9.17, 15) is 14.7 Å². The highest BCUT2D eigenvalue weighted by molar-refractivity contribution is 6.01. The Morgan fingerprint density at radius 2 is 2.08 bits per heavy atom. The molecule has 5 nitrogen and oxygen atoms in total. The van der Waals surface area contributed by atoms with Crippen molar-refractivity contribution >= 4 is 11.6 Å². The number of hydrogen-bond donors (Lipinski definition) is 1. The van der Waals surface area contributed by atoms with Crippen LogP contribution in [0.15, 0.2) is 23.3 Å². The van der Waals surface area contributed by atoms with Gasteiger partial charge in [0.1, 0.15) is 23.9 Å². The summed E-state index contributed by atoms with van der Waals surface area (Å²) in [6, 6.07) is 0.0893. The molecule has 0 aromatic rings. The number of aliphatic hydroxyl groups is 1. The smallest absolute Gasteiger partial charge is 0.188 e. The highest BCUT2D eigenvalue weighted by atomic mass is 16.5. The predicted molar refractivity (Wildman–Crippen MR) is 93.1 cm³/mol. The van der Waals surface area contributed by atoms with Gasteiger partial charge in [0, 0.05) is 25.2 Å². The summed E-state index contributed by atoms with van der Waals surface area (Å²) in [4.78, 5) is 25.3. The van der Waals surface area contributed by atoms with E-state index in [4.69, 9.17) is 4.74 Å². The standard InChI is InChI=1S/C21H26NO4/c1-22(11-12-2-3-12)9-8-20-17-13-4-5-14(23)18(17)26-19(20)15(24)6-7-21(20,25)16(22)10-13/h4-5,12,16,18-19,25H,2-3,6-11H2,1H3/q+1/t16-,18?,19+,20+,21-,22?/m1/s1. The summed E-state index contributed by atoms with van der Waals surface area (Å²) < 4.78 is 7.00. The summed E-state index contributed by atoms with van der Waals surface area (Å²) in [7, 11) is 2.30. The molecular formula is C21H26NO4+. The first-order chi connectivity index (χ1) is 12.4. The molecule has 2 saturated carbocycles. The second kappa shape index (κ2) is 4.57. The predicted octanol–water partition coefficient (Wildman–Crippen LogP) is 1.30. The van der Waals surface area contributed by atoms with Crippen LogP contribution in [0.3, 0.4) is 0 Å². The van der Waals surface area contributed by atoms with Crippen molar-refractivity contribution in [3.8, 4) is 0 Å². The molecule has 6 aliphatic rings. The number of ether oxygens (including phenoxy) is 1. The molecule has 2 bridgehead atoms. The van der Waals surface area contributed by atoms with Crippen LogP contribution in [0.5, 0.6) is 0 Å². The second-order valence-corrected chi connectivity index (χ2v) is 9.73. The summed E-state index contributed by atoms with van der Waals surface area (Å²) in [5.41, 5.74) is 0.500. The lowest BCUT2D eigenvalue weighted by Gasteiger charge is -2.65. The number of ketones is 2. The van der Waals surface area contributed by atoms with E-state index in [0.29, 0.717) is 12.8 Å². The van der Waals surface area contributed by atoms with Crippen LogP contribution in [0.25, 0.3) is 0 Å². The van der Waals surface area contributed by atoms with Gasteiger partial charge in [-0.2, -0.15) is 0 Å². The minimum Gasteiger partial charge on any atom is -0.383 e. The van der Waals surface area contributed by atoms with Gasteiger partial charge in [0.2, 0.25) is 0 Å². The normalized spacial score (nSPS) is 51.7. The average Bonchev–Trinajstić information content (AvgIpc) is 3.32. The summed E-state index contributed by atoms with van der Waals surface area (Å²) >= 11 is 0. The van der Waals surface area contributed by atoms with Gasteiger partial charge in [-0.15, -0.1) is 0 Å². The van der Waals surface area contributed by atoms with Gasteiger partial charge in [-0.1, -0.05) is 6.08 Å². The number of rotatable bonds is 2. The van der Waals surface area contributed by atoms with Crippen LogP contribution < -0.4 is 0 Å². The van der Waals surface area contributed by atoms with Gasteiger partial charge in [0.25, 0.3) is 0 Å². The zero-order valence-electron chi connectivity index (χ0n) is 15.2. The van der Waals surface area contributed by atoms with Crippen molar-refractivity contribution in [2.24, 2.45) is 11.3 Å². The van der Waals surface area contributed by atoms with Crippen LogP contribution >= 0.6 is 0 Å². The number of nitrogens with zero attached hydrogens (tertiary/aromatic N) is 1. The third kappa shape index (κ3) is 1.60. The molecule has 2 saturated heterocycles. The monoisotopic (exact) mass is 356 g/mol. The van der Waals surface area contributed by atoms with E-state index in [1.54, 1.807) is 6.08 Å². The number of quaternary nitrogens is 1. The molecule has 0 aromatic heterocycles. The first kappa shape index (κ1) is 15.7. The van der Waals surface area contributed by atoms with E-state index in [1.165, 1.54) is 12.8 Å². The summed E-state index contributed by atoms with van der Waals surface area (Å²) in [5.74, 6) is 0.787. The molecule has 2 heterocycles. The Morgan fingerprint density at radius 1 is 1.27 bits per heavy atom. The molecule has 4 aliphatic carbocycles. The van der Waals surface area contributed by atoms with Crippen LogP contribution in [0.2, 0.25) is 0 Å². The Bertz CT molecular complexity index is 811. The van der Waals surface area contributed by atoms with Crippen molar-refractivity contribution in [1.29, 1.82) is 0 Å². The molecular weight excluding hydrogens is 330 g/mol. The second-order valence-electron chi connectivity index (χ2n) is 9.73. The fourth-order valence-corrected chi connectivity index (χ4v) is 7.13. The van der Waals surface area contributed by atoms with Gasteiger partial charge >= 0.3 is 0 Å². The number of carbonyl (C=O) groups is 2. The van der Waals surface area contributed by atoms with E-state index in [0.717, 1.165) is 47.5 Å². The fraction of sp³-hybridized carbons (Fsp3) is 0.714. The number of piperidine rings is 1. The molecule has 6 rings (SSSR count). The van der Waals surface area contributed by atoms with E-state index in [2.05, 4.69) is 7.05 Å². The van der Waals surface area contributed by atoms with Gasteiger partial charge in [-0.3, -0.25) is 9.59 Å². The van der Waals surface area contributed by atoms with Crippen molar-refractivity contribution in [2.75, 3.05) is 20.1 Å². The third-order valence-corrected chi connectivity index (χ3v) is 8.44. The largest absolute Gasteiger partial charge is 0.383 e. The fourth-order valence-electron chi connectivity index (χ4n) is 7.13. The highest BCUT2D eigenvalue weighted by Gasteiger charge is 2.77. The number of carbonyl (C=O) groups excluding carboxylic acids is 2. The number of allylic oxidation sites excluding steroid dienone is 1. The van der Waals surface area contributed by atoms with E-state index < -0.39 is 23.2 Å². The van der Waals surface area contributed by atoms with Crippen LogP contribution in [0.1, 0.15) is 38.5 Å². The number of likely N-dealkylation sites (tertiary alicyclic amines) is 1. The lowest BCUT2D eigenvalue weighted by molar-refractivity contribution is -0.951. The van der Waals surface area contributed by atoms with E-state index >= 15 is 0 Å². The lowest BCUT2D eigenvalue weighted by atomic mass is 9.47. The summed E-state index contributed by atoms with van der Waals surface area (Å²) in [6.07, 6.45) is 7.30. The quantitative estimate of drug-likeness (QED) is 0.758. The SMILES string of the molecule is C[N+]1(CC2CC2)CC[C@]23C4=C5C=CC(=O)C4O[C@H]2C(=O)CC[C@@]3(O)[C@H]1C5. The Hall–Kier alpha value is -1.30. The molecule has 4 fully saturated rings. The van der Waals surface area contributed by atoms with Crippen LogP contribution in [-0.4, -0.2) is 65.1 Å². The van der Waals surface area contributed by atoms with Gasteiger partial charge in [0.15, 0.2) is 11.6 Å². The van der Waals surface area contributed by atoms with Gasteiger partial charge in [0.05, 0.1) is 25.6 Å².